The number of aryl methyl sites for hydroxylation is 1. The molecule has 0 saturated carbocycles. The number of hydrogen-bond donors (Lipinski definition) is 0. The van der Waals surface area contributed by atoms with Crippen molar-refractivity contribution in [1.82, 2.24) is 13.7 Å². The average Bonchev–Trinajstić information content (AvgIpc) is 3.42. The number of methoxy groups -OCH3 is 1. The monoisotopic (exact) mass is 423 g/mol. The summed E-state index contributed by atoms with van der Waals surface area (Å²) in [5.41, 5.74) is 2.54. The van der Waals surface area contributed by atoms with Gasteiger partial charge in [-0.1, -0.05) is 6.07 Å². The Morgan fingerprint density at radius 1 is 1.10 bits per heavy atom. The fraction of sp³-hybridized carbons (Fsp3) is 0.273. The Labute approximate surface area is 176 Å². The summed E-state index contributed by atoms with van der Waals surface area (Å²) in [5, 5.41) is 2.54. The molecule has 1 aromatic carbocycles. The van der Waals surface area contributed by atoms with E-state index in [4.69, 9.17) is 9.47 Å². The summed E-state index contributed by atoms with van der Waals surface area (Å²) < 4.78 is 16.3. The van der Waals surface area contributed by atoms with E-state index in [1.807, 2.05) is 41.8 Å². The van der Waals surface area contributed by atoms with Crippen molar-refractivity contribution in [1.29, 1.82) is 0 Å². The Balaban J connectivity index is 1.93. The number of nitrogens with zero attached hydrogens (tertiary/aromatic N) is 3. The molecule has 0 saturated heterocycles. The van der Waals surface area contributed by atoms with Crippen LogP contribution >= 0.6 is 11.3 Å². The van der Waals surface area contributed by atoms with Gasteiger partial charge in [-0.15, -0.1) is 11.3 Å². The van der Waals surface area contributed by atoms with E-state index < -0.39 is 0 Å². The van der Waals surface area contributed by atoms with E-state index in [1.165, 1.54) is 11.6 Å². The second-order valence-corrected chi connectivity index (χ2v) is 8.29. The number of rotatable bonds is 3. The van der Waals surface area contributed by atoms with E-state index >= 15 is 0 Å². The molecule has 0 aliphatic carbocycles. The molecule has 5 rings (SSSR count). The van der Waals surface area contributed by atoms with E-state index in [9.17, 15) is 9.59 Å². The summed E-state index contributed by atoms with van der Waals surface area (Å²) in [4.78, 5) is 27.1. The number of aromatic nitrogens is 3. The molecule has 0 unspecified atom stereocenters. The third kappa shape index (κ3) is 2.60. The van der Waals surface area contributed by atoms with Crippen molar-refractivity contribution in [3.63, 3.8) is 0 Å². The molecular formula is C22H21N3O4S. The minimum Gasteiger partial charge on any atom is -0.497 e. The predicted molar refractivity (Wildman–Crippen MR) is 117 cm³/mol. The highest BCUT2D eigenvalue weighted by Gasteiger charge is 2.33. The standard InChI is InChI=1S/C22H21N3O4S/c1-23-18-16(21(26)24(2)22(23)27)17(13-6-8-14(28-3)9-7-13)25-10-11-29-20(19(18)25)15-5-4-12-30-15/h4-9,12,20H,10-11H2,1-3H3/t20-/m1/s1. The molecule has 8 heteroatoms. The maximum absolute atomic E-state index is 13.3. The summed E-state index contributed by atoms with van der Waals surface area (Å²) in [5.74, 6) is 0.744. The molecule has 7 nitrogen and oxygen atoms in total. The van der Waals surface area contributed by atoms with Gasteiger partial charge in [-0.05, 0) is 41.3 Å². The third-order valence-corrected chi connectivity index (χ3v) is 6.63. The van der Waals surface area contributed by atoms with Gasteiger partial charge < -0.3 is 14.0 Å². The van der Waals surface area contributed by atoms with Crippen molar-refractivity contribution in [2.45, 2.75) is 12.6 Å². The Morgan fingerprint density at radius 2 is 1.87 bits per heavy atom. The van der Waals surface area contributed by atoms with Crippen LogP contribution in [0, 0.1) is 0 Å². The zero-order valence-corrected chi connectivity index (χ0v) is 17.7. The highest BCUT2D eigenvalue weighted by Crippen LogP contribution is 2.41. The van der Waals surface area contributed by atoms with Gasteiger partial charge in [-0.3, -0.25) is 13.9 Å². The van der Waals surface area contributed by atoms with Crippen LogP contribution in [-0.4, -0.2) is 27.4 Å². The highest BCUT2D eigenvalue weighted by molar-refractivity contribution is 7.10. The first kappa shape index (κ1) is 18.9. The largest absolute Gasteiger partial charge is 0.497 e. The summed E-state index contributed by atoms with van der Waals surface area (Å²) >= 11 is 1.60. The van der Waals surface area contributed by atoms with Crippen molar-refractivity contribution < 1.29 is 9.47 Å². The molecule has 154 valence electrons. The lowest BCUT2D eigenvalue weighted by molar-refractivity contribution is 0.0500. The molecule has 1 atom stereocenters. The maximum atomic E-state index is 13.3. The maximum Gasteiger partial charge on any atom is 0.331 e. The van der Waals surface area contributed by atoms with Crippen LogP contribution in [-0.2, 0) is 25.4 Å². The molecule has 3 aromatic heterocycles. The topological polar surface area (TPSA) is 67.4 Å². The Kier molecular flexibility index (Phi) is 4.41. The van der Waals surface area contributed by atoms with E-state index in [0.29, 0.717) is 24.1 Å². The molecule has 0 N–H and O–H groups in total. The number of hydrogen-bond acceptors (Lipinski definition) is 5. The van der Waals surface area contributed by atoms with Crippen LogP contribution < -0.4 is 16.0 Å². The number of thiophene rings is 1. The fourth-order valence-corrected chi connectivity index (χ4v) is 5.06. The third-order valence-electron chi connectivity index (χ3n) is 5.72. The molecule has 1 aliphatic rings. The molecule has 0 bridgehead atoms. The molecule has 1 aliphatic heterocycles. The van der Waals surface area contributed by atoms with E-state index in [0.717, 1.165) is 27.6 Å². The molecule has 30 heavy (non-hydrogen) atoms. The molecule has 0 radical (unpaired) electrons. The lowest BCUT2D eigenvalue weighted by Crippen LogP contribution is -2.37. The Bertz CT molecular complexity index is 1360. The Hall–Kier alpha value is -3.10. The van der Waals surface area contributed by atoms with Crippen LogP contribution in [0.5, 0.6) is 5.75 Å². The first-order valence-electron chi connectivity index (χ1n) is 9.64. The van der Waals surface area contributed by atoms with Crippen LogP contribution in [0.15, 0.2) is 51.4 Å². The van der Waals surface area contributed by atoms with Gasteiger partial charge >= 0.3 is 5.69 Å². The quantitative estimate of drug-likeness (QED) is 0.508. The smallest absolute Gasteiger partial charge is 0.331 e. The highest BCUT2D eigenvalue weighted by atomic mass is 32.1. The van der Waals surface area contributed by atoms with Crippen LogP contribution in [0.25, 0.3) is 22.2 Å². The van der Waals surface area contributed by atoms with Crippen LogP contribution in [0.4, 0.5) is 0 Å². The molecule has 4 aromatic rings. The number of benzene rings is 1. The summed E-state index contributed by atoms with van der Waals surface area (Å²) in [6, 6.07) is 11.7. The summed E-state index contributed by atoms with van der Waals surface area (Å²) in [6.07, 6.45) is -0.328. The van der Waals surface area contributed by atoms with E-state index in [1.54, 1.807) is 30.1 Å². The molecule has 4 heterocycles. The predicted octanol–water partition coefficient (Wildman–Crippen LogP) is 2.90. The van der Waals surface area contributed by atoms with E-state index in [2.05, 4.69) is 4.57 Å². The normalized spacial score (nSPS) is 16.0. The first-order chi connectivity index (χ1) is 14.5. The van der Waals surface area contributed by atoms with Gasteiger partial charge in [0, 0.05) is 25.5 Å². The molecule has 0 amide bonds. The van der Waals surface area contributed by atoms with Crippen molar-refractivity contribution in [2.75, 3.05) is 13.7 Å². The van der Waals surface area contributed by atoms with Gasteiger partial charge in [0.25, 0.3) is 5.56 Å². The lowest BCUT2D eigenvalue weighted by atomic mass is 10.1. The number of ether oxygens (including phenoxy) is 2. The van der Waals surface area contributed by atoms with Gasteiger partial charge in [0.15, 0.2) is 0 Å². The zero-order chi connectivity index (χ0) is 21.0. The Morgan fingerprint density at radius 3 is 2.53 bits per heavy atom. The van der Waals surface area contributed by atoms with Gasteiger partial charge in [0.2, 0.25) is 0 Å². The minimum absolute atomic E-state index is 0.300. The minimum atomic E-state index is -0.349. The zero-order valence-electron chi connectivity index (χ0n) is 16.9. The van der Waals surface area contributed by atoms with Gasteiger partial charge in [0.1, 0.15) is 11.9 Å². The van der Waals surface area contributed by atoms with Crippen molar-refractivity contribution >= 4 is 22.2 Å². The molecular weight excluding hydrogens is 402 g/mol. The molecule has 0 spiro atoms. The van der Waals surface area contributed by atoms with Crippen molar-refractivity contribution in [3.8, 4) is 17.0 Å². The van der Waals surface area contributed by atoms with Gasteiger partial charge in [0.05, 0.1) is 36.0 Å². The fourth-order valence-electron chi connectivity index (χ4n) is 4.29. The molecule has 0 fully saturated rings. The SMILES string of the molecule is COc1ccc(-c2c3c(=O)n(C)c(=O)n(C)c3c3n2CCO[C@@H]3c2cccs2)cc1. The lowest BCUT2D eigenvalue weighted by Gasteiger charge is -2.26. The van der Waals surface area contributed by atoms with Gasteiger partial charge in [-0.2, -0.15) is 0 Å². The first-order valence-corrected chi connectivity index (χ1v) is 10.5. The van der Waals surface area contributed by atoms with E-state index in [-0.39, 0.29) is 17.4 Å². The van der Waals surface area contributed by atoms with Crippen LogP contribution in [0.1, 0.15) is 16.7 Å². The summed E-state index contributed by atoms with van der Waals surface area (Å²) in [6.45, 7) is 1.12. The second kappa shape index (κ2) is 7.00. The summed E-state index contributed by atoms with van der Waals surface area (Å²) in [7, 11) is 4.85. The van der Waals surface area contributed by atoms with Crippen LogP contribution in [0.3, 0.4) is 0 Å². The number of fused-ring (bicyclic) bond motifs is 3. The van der Waals surface area contributed by atoms with Crippen molar-refractivity contribution in [2.24, 2.45) is 14.1 Å². The average molecular weight is 423 g/mol. The van der Waals surface area contributed by atoms with Gasteiger partial charge in [-0.25, -0.2) is 4.79 Å². The second-order valence-electron chi connectivity index (χ2n) is 7.31. The van der Waals surface area contributed by atoms with Crippen molar-refractivity contribution in [3.05, 3.63) is 73.2 Å². The van der Waals surface area contributed by atoms with Crippen LogP contribution in [0.2, 0.25) is 0 Å².